The fourth-order valence-corrected chi connectivity index (χ4v) is 4.37. The SMILES string of the molecule is O=c1cc(-c2ccccc2)oc2cc(OCC(O)COc3ccc4c(=O)cc(-c5ccccc5)oc4c3)ccc12. The Bertz CT molecular complexity index is 1770. The molecule has 6 aromatic rings. The van der Waals surface area contributed by atoms with Crippen molar-refractivity contribution in [1.29, 1.82) is 0 Å². The molecule has 6 rings (SSSR count). The molecule has 4 aromatic carbocycles. The van der Waals surface area contributed by atoms with Crippen LogP contribution in [0.4, 0.5) is 0 Å². The molecule has 0 fully saturated rings. The first kappa shape index (κ1) is 25.2. The minimum atomic E-state index is -0.947. The second-order valence-electron chi connectivity index (χ2n) is 9.27. The molecule has 0 saturated heterocycles. The van der Waals surface area contributed by atoms with Crippen LogP contribution in [0, 0.1) is 0 Å². The fourth-order valence-electron chi connectivity index (χ4n) is 4.37. The van der Waals surface area contributed by atoms with E-state index in [0.29, 0.717) is 45.0 Å². The number of ether oxygens (including phenoxy) is 2. The first-order valence-electron chi connectivity index (χ1n) is 12.7. The number of aliphatic hydroxyl groups is 1. The van der Waals surface area contributed by atoms with Crippen LogP contribution in [0.5, 0.6) is 11.5 Å². The van der Waals surface area contributed by atoms with Crippen LogP contribution < -0.4 is 20.3 Å². The Kier molecular flexibility index (Phi) is 6.87. The van der Waals surface area contributed by atoms with E-state index in [9.17, 15) is 14.7 Å². The van der Waals surface area contributed by atoms with Gasteiger partial charge in [0.2, 0.25) is 0 Å². The van der Waals surface area contributed by atoms with E-state index in [1.165, 1.54) is 12.1 Å². The average molecular weight is 533 g/mol. The normalized spacial score (nSPS) is 11.2. The maximum Gasteiger partial charge on any atom is 0.193 e. The minimum Gasteiger partial charge on any atom is -0.491 e. The number of aliphatic hydroxyl groups excluding tert-OH is 1. The van der Waals surface area contributed by atoms with Gasteiger partial charge in [-0.1, -0.05) is 60.7 Å². The molecule has 0 aliphatic heterocycles. The average Bonchev–Trinajstić information content (AvgIpc) is 2.99. The summed E-state index contributed by atoms with van der Waals surface area (Å²) in [4.78, 5) is 25.2. The standard InChI is InChI=1S/C33H24O7/c34-23(19-37-24-11-13-26-28(35)17-30(39-32(26)15-24)21-7-3-1-4-8-21)20-38-25-12-14-27-29(36)18-31(40-33(27)16-25)22-9-5-2-6-10-22/h1-18,23,34H,19-20H2. The molecule has 0 atom stereocenters. The number of hydrogen-bond acceptors (Lipinski definition) is 7. The highest BCUT2D eigenvalue weighted by molar-refractivity contribution is 5.81. The molecule has 0 saturated carbocycles. The van der Waals surface area contributed by atoms with E-state index in [0.717, 1.165) is 11.1 Å². The lowest BCUT2D eigenvalue weighted by molar-refractivity contribution is 0.0627. The predicted octanol–water partition coefficient (Wildman–Crippen LogP) is 6.05. The van der Waals surface area contributed by atoms with Gasteiger partial charge in [0, 0.05) is 35.4 Å². The Labute approximate surface area is 228 Å². The number of benzene rings is 4. The van der Waals surface area contributed by atoms with Crippen LogP contribution >= 0.6 is 0 Å². The number of hydrogen-bond donors (Lipinski definition) is 1. The lowest BCUT2D eigenvalue weighted by Gasteiger charge is -2.14. The summed E-state index contributed by atoms with van der Waals surface area (Å²) in [6.45, 7) is -0.0934. The summed E-state index contributed by atoms with van der Waals surface area (Å²) >= 11 is 0. The molecule has 0 radical (unpaired) electrons. The van der Waals surface area contributed by atoms with E-state index in [4.69, 9.17) is 18.3 Å². The number of fused-ring (bicyclic) bond motifs is 2. The largest absolute Gasteiger partial charge is 0.491 e. The van der Waals surface area contributed by atoms with E-state index < -0.39 is 6.10 Å². The van der Waals surface area contributed by atoms with Gasteiger partial charge in [0.05, 0.1) is 10.8 Å². The van der Waals surface area contributed by atoms with Crippen molar-refractivity contribution in [2.24, 2.45) is 0 Å². The van der Waals surface area contributed by atoms with E-state index in [2.05, 4.69) is 0 Å². The van der Waals surface area contributed by atoms with Crippen molar-refractivity contribution in [2.45, 2.75) is 6.10 Å². The third-order valence-corrected chi connectivity index (χ3v) is 6.40. The molecular formula is C33H24O7. The zero-order chi connectivity index (χ0) is 27.5. The van der Waals surface area contributed by atoms with Gasteiger partial charge >= 0.3 is 0 Å². The molecule has 0 aliphatic carbocycles. The summed E-state index contributed by atoms with van der Waals surface area (Å²) in [5, 5.41) is 11.4. The summed E-state index contributed by atoms with van der Waals surface area (Å²) in [5.41, 5.74) is 2.07. The summed E-state index contributed by atoms with van der Waals surface area (Å²) in [6.07, 6.45) is -0.947. The van der Waals surface area contributed by atoms with Gasteiger partial charge in [0.25, 0.3) is 0 Å². The van der Waals surface area contributed by atoms with E-state index in [1.54, 1.807) is 36.4 Å². The molecule has 40 heavy (non-hydrogen) atoms. The Morgan fingerprint density at radius 1 is 0.575 bits per heavy atom. The molecule has 2 heterocycles. The Morgan fingerprint density at radius 2 is 1.00 bits per heavy atom. The molecule has 7 nitrogen and oxygen atoms in total. The van der Waals surface area contributed by atoms with Gasteiger partial charge in [-0.2, -0.15) is 0 Å². The summed E-state index contributed by atoms with van der Waals surface area (Å²) in [6, 6.07) is 31.5. The Hall–Kier alpha value is -5.14. The van der Waals surface area contributed by atoms with Gasteiger partial charge in [-0.05, 0) is 24.3 Å². The van der Waals surface area contributed by atoms with E-state index in [1.807, 2.05) is 60.7 Å². The van der Waals surface area contributed by atoms with Crippen molar-refractivity contribution in [3.8, 4) is 34.1 Å². The van der Waals surface area contributed by atoms with Crippen LogP contribution in [-0.4, -0.2) is 24.4 Å². The summed E-state index contributed by atoms with van der Waals surface area (Å²) in [5.74, 6) is 1.82. The molecule has 0 spiro atoms. The maximum atomic E-state index is 12.6. The van der Waals surface area contributed by atoms with E-state index >= 15 is 0 Å². The van der Waals surface area contributed by atoms with Gasteiger partial charge in [0.15, 0.2) is 10.9 Å². The van der Waals surface area contributed by atoms with Crippen LogP contribution in [0.25, 0.3) is 44.6 Å². The van der Waals surface area contributed by atoms with Crippen LogP contribution in [0.3, 0.4) is 0 Å². The molecular weight excluding hydrogens is 508 g/mol. The summed E-state index contributed by atoms with van der Waals surface area (Å²) in [7, 11) is 0. The smallest absolute Gasteiger partial charge is 0.193 e. The molecule has 0 amide bonds. The zero-order valence-corrected chi connectivity index (χ0v) is 21.3. The van der Waals surface area contributed by atoms with Gasteiger partial charge in [-0.3, -0.25) is 9.59 Å². The van der Waals surface area contributed by atoms with Crippen LogP contribution in [-0.2, 0) is 0 Å². The second-order valence-corrected chi connectivity index (χ2v) is 9.27. The highest BCUT2D eigenvalue weighted by atomic mass is 16.5. The highest BCUT2D eigenvalue weighted by Crippen LogP contribution is 2.26. The maximum absolute atomic E-state index is 12.6. The topological polar surface area (TPSA) is 99.1 Å². The molecule has 0 aliphatic rings. The monoisotopic (exact) mass is 532 g/mol. The van der Waals surface area contributed by atoms with Crippen LogP contribution in [0.15, 0.2) is 128 Å². The molecule has 0 unspecified atom stereocenters. The lowest BCUT2D eigenvalue weighted by atomic mass is 10.1. The molecule has 0 bridgehead atoms. The number of rotatable bonds is 8. The minimum absolute atomic E-state index is 0.0467. The van der Waals surface area contributed by atoms with Crippen LogP contribution in [0.2, 0.25) is 0 Å². The van der Waals surface area contributed by atoms with Crippen LogP contribution in [0.1, 0.15) is 0 Å². The zero-order valence-electron chi connectivity index (χ0n) is 21.3. The van der Waals surface area contributed by atoms with Crippen molar-refractivity contribution < 1.29 is 23.4 Å². The van der Waals surface area contributed by atoms with Gasteiger partial charge < -0.3 is 23.4 Å². The molecule has 1 N–H and O–H groups in total. The van der Waals surface area contributed by atoms with Gasteiger partial charge in [-0.15, -0.1) is 0 Å². The highest BCUT2D eigenvalue weighted by Gasteiger charge is 2.12. The van der Waals surface area contributed by atoms with Crippen molar-refractivity contribution in [3.05, 3.63) is 130 Å². The van der Waals surface area contributed by atoms with Crippen molar-refractivity contribution in [3.63, 3.8) is 0 Å². The second kappa shape index (κ2) is 10.9. The third kappa shape index (κ3) is 5.36. The van der Waals surface area contributed by atoms with Crippen molar-refractivity contribution in [2.75, 3.05) is 13.2 Å². The Morgan fingerprint density at radius 3 is 1.43 bits per heavy atom. The molecule has 2 aromatic heterocycles. The summed E-state index contributed by atoms with van der Waals surface area (Å²) < 4.78 is 23.4. The van der Waals surface area contributed by atoms with Crippen molar-refractivity contribution >= 4 is 21.9 Å². The van der Waals surface area contributed by atoms with Gasteiger partial charge in [0.1, 0.15) is 53.5 Å². The quantitative estimate of drug-likeness (QED) is 0.255. The first-order valence-corrected chi connectivity index (χ1v) is 12.7. The third-order valence-electron chi connectivity index (χ3n) is 6.40. The van der Waals surface area contributed by atoms with E-state index in [-0.39, 0.29) is 24.1 Å². The Balaban J connectivity index is 1.13. The predicted molar refractivity (Wildman–Crippen MR) is 153 cm³/mol. The van der Waals surface area contributed by atoms with Gasteiger partial charge in [-0.25, -0.2) is 0 Å². The molecule has 7 heteroatoms. The lowest BCUT2D eigenvalue weighted by Crippen LogP contribution is -2.25. The van der Waals surface area contributed by atoms with Crippen molar-refractivity contribution in [1.82, 2.24) is 0 Å². The first-order chi connectivity index (χ1) is 19.5. The molecule has 198 valence electrons. The fraction of sp³-hybridized carbons (Fsp3) is 0.0909.